The highest BCUT2D eigenvalue weighted by atomic mass is 32.2. The lowest BCUT2D eigenvalue weighted by atomic mass is 10.3. The summed E-state index contributed by atoms with van der Waals surface area (Å²) in [4.78, 5) is 4.11. The van der Waals surface area contributed by atoms with E-state index in [1.807, 2.05) is 0 Å². The van der Waals surface area contributed by atoms with Crippen molar-refractivity contribution in [3.63, 3.8) is 0 Å². The van der Waals surface area contributed by atoms with Gasteiger partial charge in [-0.1, -0.05) is 0 Å². The highest BCUT2D eigenvalue weighted by molar-refractivity contribution is 7.92. The van der Waals surface area contributed by atoms with Crippen LogP contribution in [0.2, 0.25) is 0 Å². The van der Waals surface area contributed by atoms with E-state index in [4.69, 9.17) is 4.74 Å². The molecule has 0 aliphatic carbocycles. The number of hydrogen-bond acceptors (Lipinski definition) is 6. The first-order valence-electron chi connectivity index (χ1n) is 7.06. The molecule has 0 aliphatic heterocycles. The fraction of sp³-hybridized carbons (Fsp3) is 0.125. The first kappa shape index (κ1) is 16.4. The Bertz CT molecular complexity index is 923. The first-order chi connectivity index (χ1) is 11.5. The average molecular weight is 361 g/mol. The molecule has 1 aromatic carbocycles. The second kappa shape index (κ2) is 6.58. The molecule has 0 N–H and O–H groups in total. The summed E-state index contributed by atoms with van der Waals surface area (Å²) in [6.07, 6.45) is 3.25. The third-order valence-corrected chi connectivity index (χ3v) is 5.93. The molecule has 6 nitrogen and oxygen atoms in total. The minimum absolute atomic E-state index is 0.192. The molecule has 24 heavy (non-hydrogen) atoms. The lowest BCUT2D eigenvalue weighted by molar-refractivity contribution is 0.481. The number of rotatable bonds is 5. The molecule has 2 aromatic heterocycles. The smallest absolute Gasteiger partial charge is 0.264 e. The van der Waals surface area contributed by atoms with Crippen LogP contribution in [0, 0.1) is 6.92 Å². The van der Waals surface area contributed by atoms with Gasteiger partial charge < -0.3 is 4.74 Å². The Hall–Kier alpha value is -2.45. The Kier molecular flexibility index (Phi) is 4.50. The molecule has 0 bridgehead atoms. The molecule has 2 heterocycles. The van der Waals surface area contributed by atoms with E-state index in [9.17, 15) is 8.42 Å². The molecule has 0 atom stereocenters. The SMILES string of the molecule is Cc1nscc1N(C)S(=O)(=O)c1ccc(Oc2ccncc2)cc1. The number of pyridine rings is 1. The lowest BCUT2D eigenvalue weighted by Crippen LogP contribution is -2.26. The van der Waals surface area contributed by atoms with Gasteiger partial charge >= 0.3 is 0 Å². The van der Waals surface area contributed by atoms with E-state index in [2.05, 4.69) is 9.36 Å². The largest absolute Gasteiger partial charge is 0.457 e. The molecule has 0 saturated carbocycles. The van der Waals surface area contributed by atoms with Gasteiger partial charge in [-0.15, -0.1) is 0 Å². The van der Waals surface area contributed by atoms with Gasteiger partial charge in [0.1, 0.15) is 11.5 Å². The normalized spacial score (nSPS) is 11.2. The number of nitrogens with zero attached hydrogens (tertiary/aromatic N) is 3. The molecule has 0 fully saturated rings. The van der Waals surface area contributed by atoms with Crippen LogP contribution in [0.5, 0.6) is 11.5 Å². The topological polar surface area (TPSA) is 72.4 Å². The Morgan fingerprint density at radius 3 is 2.25 bits per heavy atom. The van der Waals surface area contributed by atoms with Gasteiger partial charge in [0, 0.05) is 24.8 Å². The van der Waals surface area contributed by atoms with Gasteiger partial charge in [0.15, 0.2) is 0 Å². The molecule has 0 saturated heterocycles. The van der Waals surface area contributed by atoms with Gasteiger partial charge in [-0.3, -0.25) is 9.29 Å². The Labute approximate surface area is 144 Å². The van der Waals surface area contributed by atoms with Crippen molar-refractivity contribution in [2.24, 2.45) is 0 Å². The van der Waals surface area contributed by atoms with Gasteiger partial charge in [-0.05, 0) is 54.9 Å². The van der Waals surface area contributed by atoms with Crippen LogP contribution in [0.15, 0.2) is 59.1 Å². The summed E-state index contributed by atoms with van der Waals surface area (Å²) in [6, 6.07) is 9.75. The third-order valence-electron chi connectivity index (χ3n) is 3.43. The Morgan fingerprint density at radius 1 is 1.04 bits per heavy atom. The molecule has 0 radical (unpaired) electrons. The molecule has 8 heteroatoms. The number of sulfonamides is 1. The van der Waals surface area contributed by atoms with Gasteiger partial charge in [0.2, 0.25) is 0 Å². The molecule has 0 spiro atoms. The average Bonchev–Trinajstić information content (AvgIpc) is 3.01. The molecule has 3 rings (SSSR count). The number of ether oxygens (including phenoxy) is 1. The summed E-state index contributed by atoms with van der Waals surface area (Å²) in [6.45, 7) is 1.78. The number of hydrogen-bond donors (Lipinski definition) is 0. The molecule has 0 aliphatic rings. The van der Waals surface area contributed by atoms with Crippen LogP contribution in [0.1, 0.15) is 5.69 Å². The number of benzene rings is 1. The van der Waals surface area contributed by atoms with Crippen LogP contribution in [0.3, 0.4) is 0 Å². The zero-order valence-corrected chi connectivity index (χ0v) is 14.7. The van der Waals surface area contributed by atoms with Crippen molar-refractivity contribution in [3.05, 3.63) is 59.9 Å². The first-order valence-corrected chi connectivity index (χ1v) is 9.34. The van der Waals surface area contributed by atoms with E-state index in [1.165, 1.54) is 35.0 Å². The van der Waals surface area contributed by atoms with Crippen LogP contribution >= 0.6 is 11.5 Å². The standard InChI is InChI=1S/C16H15N3O3S2/c1-12-16(11-23-18-12)19(2)24(20,21)15-5-3-13(4-6-15)22-14-7-9-17-10-8-14/h3-11H,1-2H3. The molecule has 124 valence electrons. The summed E-state index contributed by atoms with van der Waals surface area (Å²) < 4.78 is 36.4. The van der Waals surface area contributed by atoms with Crippen molar-refractivity contribution < 1.29 is 13.2 Å². The Morgan fingerprint density at radius 2 is 1.67 bits per heavy atom. The summed E-state index contributed by atoms with van der Waals surface area (Å²) >= 11 is 1.23. The van der Waals surface area contributed by atoms with E-state index < -0.39 is 10.0 Å². The lowest BCUT2D eigenvalue weighted by Gasteiger charge is -2.18. The maximum atomic E-state index is 12.7. The van der Waals surface area contributed by atoms with Gasteiger partial charge in [-0.25, -0.2) is 8.42 Å². The zero-order valence-electron chi connectivity index (χ0n) is 13.1. The van der Waals surface area contributed by atoms with E-state index in [-0.39, 0.29) is 4.90 Å². The summed E-state index contributed by atoms with van der Waals surface area (Å²) in [7, 11) is -2.12. The van der Waals surface area contributed by atoms with Gasteiger partial charge in [-0.2, -0.15) is 4.37 Å². The zero-order chi connectivity index (χ0) is 17.2. The van der Waals surface area contributed by atoms with Crippen LogP contribution in [-0.2, 0) is 10.0 Å². The van der Waals surface area contributed by atoms with Gasteiger partial charge in [0.05, 0.1) is 16.3 Å². The summed E-state index contributed by atoms with van der Waals surface area (Å²) in [5, 5.41) is 1.72. The summed E-state index contributed by atoms with van der Waals surface area (Å²) in [5.74, 6) is 1.19. The predicted molar refractivity (Wildman–Crippen MR) is 93.2 cm³/mol. The second-order valence-electron chi connectivity index (χ2n) is 5.01. The molecule has 3 aromatic rings. The van der Waals surface area contributed by atoms with Crippen LogP contribution < -0.4 is 9.04 Å². The van der Waals surface area contributed by atoms with E-state index in [1.54, 1.807) is 49.0 Å². The van der Waals surface area contributed by atoms with E-state index in [0.29, 0.717) is 22.9 Å². The van der Waals surface area contributed by atoms with Crippen molar-refractivity contribution in [1.29, 1.82) is 0 Å². The molecular formula is C16H15N3O3S2. The minimum atomic E-state index is -3.64. The highest BCUT2D eigenvalue weighted by Gasteiger charge is 2.23. The van der Waals surface area contributed by atoms with Crippen molar-refractivity contribution in [2.75, 3.05) is 11.4 Å². The monoisotopic (exact) mass is 361 g/mol. The van der Waals surface area contributed by atoms with Crippen LogP contribution in [-0.4, -0.2) is 24.8 Å². The third kappa shape index (κ3) is 3.24. The number of anilines is 1. The van der Waals surface area contributed by atoms with E-state index in [0.717, 1.165) is 0 Å². The highest BCUT2D eigenvalue weighted by Crippen LogP contribution is 2.28. The maximum Gasteiger partial charge on any atom is 0.264 e. The van der Waals surface area contributed by atoms with Crippen LogP contribution in [0.4, 0.5) is 5.69 Å². The van der Waals surface area contributed by atoms with Crippen molar-refractivity contribution >= 4 is 27.2 Å². The number of aryl methyl sites for hydroxylation is 1. The quantitative estimate of drug-likeness (QED) is 0.696. The maximum absolute atomic E-state index is 12.7. The molecular weight excluding hydrogens is 346 g/mol. The van der Waals surface area contributed by atoms with Gasteiger partial charge in [0.25, 0.3) is 10.0 Å². The second-order valence-corrected chi connectivity index (χ2v) is 7.61. The van der Waals surface area contributed by atoms with Crippen molar-refractivity contribution in [1.82, 2.24) is 9.36 Å². The van der Waals surface area contributed by atoms with Crippen molar-refractivity contribution in [2.45, 2.75) is 11.8 Å². The van der Waals surface area contributed by atoms with Crippen LogP contribution in [0.25, 0.3) is 0 Å². The van der Waals surface area contributed by atoms with E-state index >= 15 is 0 Å². The number of aromatic nitrogens is 2. The molecule has 0 amide bonds. The fourth-order valence-electron chi connectivity index (χ4n) is 2.10. The minimum Gasteiger partial charge on any atom is -0.457 e. The molecule has 0 unspecified atom stereocenters. The summed E-state index contributed by atoms with van der Waals surface area (Å²) in [5.41, 5.74) is 1.26. The van der Waals surface area contributed by atoms with Crippen molar-refractivity contribution in [3.8, 4) is 11.5 Å². The predicted octanol–water partition coefficient (Wildman–Crippen LogP) is 3.46. The Balaban J connectivity index is 1.83. The fourth-order valence-corrected chi connectivity index (χ4v) is 4.14.